The lowest BCUT2D eigenvalue weighted by atomic mass is 10.1. The Balaban J connectivity index is 2.17. The third-order valence-corrected chi connectivity index (χ3v) is 3.91. The highest BCUT2D eigenvalue weighted by molar-refractivity contribution is 7.07. The summed E-state index contributed by atoms with van der Waals surface area (Å²) >= 11 is 1.18. The van der Waals surface area contributed by atoms with Crippen molar-refractivity contribution in [3.05, 3.63) is 49.2 Å². The first-order valence-electron chi connectivity index (χ1n) is 6.20. The van der Waals surface area contributed by atoms with Crippen LogP contribution < -0.4 is 10.4 Å². The van der Waals surface area contributed by atoms with Crippen LogP contribution in [0.3, 0.4) is 0 Å². The summed E-state index contributed by atoms with van der Waals surface area (Å²) in [5.74, 6) is 0.240. The van der Waals surface area contributed by atoms with Crippen LogP contribution in [-0.4, -0.2) is 14.1 Å². The number of thiazole rings is 1. The molecule has 6 heteroatoms. The van der Waals surface area contributed by atoms with E-state index in [0.29, 0.717) is 13.1 Å². The van der Waals surface area contributed by atoms with Gasteiger partial charge in [0.2, 0.25) is 0 Å². The Morgan fingerprint density at radius 1 is 1.32 bits per heavy atom. The molecule has 19 heavy (non-hydrogen) atoms. The van der Waals surface area contributed by atoms with Crippen LogP contribution in [0.25, 0.3) is 0 Å². The smallest absolute Gasteiger partial charge is 0.302 e. The van der Waals surface area contributed by atoms with Gasteiger partial charge in [-0.3, -0.25) is 14.2 Å². The van der Waals surface area contributed by atoms with Crippen LogP contribution in [0.2, 0.25) is 0 Å². The van der Waals surface area contributed by atoms with Crippen molar-refractivity contribution in [3.8, 4) is 0 Å². The Morgan fingerprint density at radius 3 is 2.58 bits per heavy atom. The van der Waals surface area contributed by atoms with Crippen molar-refractivity contribution in [2.24, 2.45) is 0 Å². The Hall–Kier alpha value is -1.69. The van der Waals surface area contributed by atoms with E-state index in [4.69, 9.17) is 0 Å². The standard InChI is InChI=1S/C13H17N3O2S/c1-9(2)11-6-12(17)15(8-14-11)4-5-16-10(3)7-19-13(16)18/h6-9H,4-5H2,1-3H3. The quantitative estimate of drug-likeness (QED) is 0.854. The molecule has 0 radical (unpaired) electrons. The second-order valence-corrected chi connectivity index (χ2v) is 5.62. The van der Waals surface area contributed by atoms with Gasteiger partial charge < -0.3 is 4.57 Å². The van der Waals surface area contributed by atoms with Crippen LogP contribution in [0.5, 0.6) is 0 Å². The van der Waals surface area contributed by atoms with Crippen molar-refractivity contribution in [3.63, 3.8) is 0 Å². The minimum atomic E-state index is -0.0698. The van der Waals surface area contributed by atoms with Gasteiger partial charge in [0.15, 0.2) is 0 Å². The van der Waals surface area contributed by atoms with E-state index in [9.17, 15) is 9.59 Å². The molecule has 0 N–H and O–H groups in total. The van der Waals surface area contributed by atoms with E-state index in [1.807, 2.05) is 26.2 Å². The molecule has 0 saturated heterocycles. The normalized spacial score (nSPS) is 11.2. The summed E-state index contributed by atoms with van der Waals surface area (Å²) in [5.41, 5.74) is 1.65. The van der Waals surface area contributed by atoms with Crippen molar-refractivity contribution in [1.29, 1.82) is 0 Å². The molecule has 0 fully saturated rings. The van der Waals surface area contributed by atoms with Gasteiger partial charge >= 0.3 is 4.87 Å². The SMILES string of the molecule is Cc1csc(=O)n1CCn1cnc(C(C)C)cc1=O. The van der Waals surface area contributed by atoms with E-state index >= 15 is 0 Å². The predicted octanol–water partition coefficient (Wildman–Crippen LogP) is 1.60. The summed E-state index contributed by atoms with van der Waals surface area (Å²) in [7, 11) is 0. The zero-order valence-corrected chi connectivity index (χ0v) is 12.1. The molecule has 0 saturated carbocycles. The summed E-state index contributed by atoms with van der Waals surface area (Å²) in [6.45, 7) is 6.85. The molecule has 0 amide bonds. The van der Waals surface area contributed by atoms with Crippen molar-refractivity contribution >= 4 is 11.3 Å². The van der Waals surface area contributed by atoms with Crippen molar-refractivity contribution in [2.75, 3.05) is 0 Å². The zero-order valence-electron chi connectivity index (χ0n) is 11.3. The molecule has 102 valence electrons. The fourth-order valence-electron chi connectivity index (χ4n) is 1.81. The topological polar surface area (TPSA) is 56.9 Å². The monoisotopic (exact) mass is 279 g/mol. The summed E-state index contributed by atoms with van der Waals surface area (Å²) in [6.07, 6.45) is 1.56. The minimum absolute atomic E-state index is 0.0114. The van der Waals surface area contributed by atoms with Crippen LogP contribution in [0.15, 0.2) is 27.4 Å². The third-order valence-electron chi connectivity index (χ3n) is 3.03. The highest BCUT2D eigenvalue weighted by Gasteiger charge is 2.06. The molecule has 2 heterocycles. The molecule has 0 bridgehead atoms. The molecule has 0 atom stereocenters. The Morgan fingerprint density at radius 2 is 2.05 bits per heavy atom. The molecule has 0 spiro atoms. The summed E-state index contributed by atoms with van der Waals surface area (Å²) in [6, 6.07) is 1.56. The molecule has 5 nitrogen and oxygen atoms in total. The summed E-state index contributed by atoms with van der Waals surface area (Å²) in [5, 5.41) is 1.82. The maximum absolute atomic E-state index is 11.9. The van der Waals surface area contributed by atoms with Gasteiger partial charge in [-0.15, -0.1) is 0 Å². The van der Waals surface area contributed by atoms with Crippen LogP contribution in [-0.2, 0) is 13.1 Å². The molecule has 0 aliphatic rings. The van der Waals surface area contributed by atoms with Gasteiger partial charge in [0.25, 0.3) is 5.56 Å². The van der Waals surface area contributed by atoms with E-state index in [0.717, 1.165) is 11.4 Å². The molecule has 2 aromatic heterocycles. The van der Waals surface area contributed by atoms with E-state index in [2.05, 4.69) is 4.98 Å². The molecule has 0 aliphatic carbocycles. The van der Waals surface area contributed by atoms with Crippen molar-refractivity contribution < 1.29 is 0 Å². The van der Waals surface area contributed by atoms with E-state index in [-0.39, 0.29) is 16.4 Å². The second kappa shape index (κ2) is 5.52. The first-order valence-corrected chi connectivity index (χ1v) is 7.08. The number of aromatic nitrogens is 3. The number of nitrogens with zero attached hydrogens (tertiary/aromatic N) is 3. The van der Waals surface area contributed by atoms with E-state index in [1.165, 1.54) is 15.9 Å². The number of rotatable bonds is 4. The Kier molecular flexibility index (Phi) is 3.99. The molecule has 0 unspecified atom stereocenters. The van der Waals surface area contributed by atoms with E-state index < -0.39 is 0 Å². The molecular formula is C13H17N3O2S. The minimum Gasteiger partial charge on any atom is -0.302 e. The van der Waals surface area contributed by atoms with Gasteiger partial charge in [0.05, 0.1) is 12.0 Å². The largest absolute Gasteiger partial charge is 0.307 e. The fraction of sp³-hybridized carbons (Fsp3) is 0.462. The van der Waals surface area contributed by atoms with E-state index in [1.54, 1.807) is 17.0 Å². The molecule has 2 aromatic rings. The van der Waals surface area contributed by atoms with Crippen LogP contribution in [0.4, 0.5) is 0 Å². The lowest BCUT2D eigenvalue weighted by Crippen LogP contribution is -2.25. The molecule has 0 aliphatic heterocycles. The van der Waals surface area contributed by atoms with Gasteiger partial charge in [-0.05, 0) is 12.8 Å². The molecule has 0 aromatic carbocycles. The highest BCUT2D eigenvalue weighted by Crippen LogP contribution is 2.07. The zero-order chi connectivity index (χ0) is 14.0. The lowest BCUT2D eigenvalue weighted by molar-refractivity contribution is 0.542. The predicted molar refractivity (Wildman–Crippen MR) is 75.9 cm³/mol. The maximum Gasteiger partial charge on any atom is 0.307 e. The van der Waals surface area contributed by atoms with Crippen molar-refractivity contribution in [1.82, 2.24) is 14.1 Å². The average molecular weight is 279 g/mol. The molecular weight excluding hydrogens is 262 g/mol. The van der Waals surface area contributed by atoms with Crippen LogP contribution >= 0.6 is 11.3 Å². The van der Waals surface area contributed by atoms with Gasteiger partial charge in [0.1, 0.15) is 0 Å². The fourth-order valence-corrected chi connectivity index (χ4v) is 2.57. The number of aryl methyl sites for hydroxylation is 2. The second-order valence-electron chi connectivity index (χ2n) is 4.79. The maximum atomic E-state index is 11.9. The average Bonchev–Trinajstić information content (AvgIpc) is 2.68. The van der Waals surface area contributed by atoms with Crippen molar-refractivity contribution in [2.45, 2.75) is 39.8 Å². The van der Waals surface area contributed by atoms with Crippen LogP contribution in [0.1, 0.15) is 31.2 Å². The number of hydrogen-bond donors (Lipinski definition) is 0. The molecule has 2 rings (SSSR count). The number of hydrogen-bond acceptors (Lipinski definition) is 4. The van der Waals surface area contributed by atoms with Gasteiger partial charge in [-0.25, -0.2) is 4.98 Å². The third kappa shape index (κ3) is 3.01. The first-order chi connectivity index (χ1) is 8.99. The summed E-state index contributed by atoms with van der Waals surface area (Å²) < 4.78 is 3.21. The van der Waals surface area contributed by atoms with Gasteiger partial charge in [0, 0.05) is 30.2 Å². The van der Waals surface area contributed by atoms with Gasteiger partial charge in [-0.1, -0.05) is 25.2 Å². The lowest BCUT2D eigenvalue weighted by Gasteiger charge is -2.09. The Labute approximate surface area is 115 Å². The summed E-state index contributed by atoms with van der Waals surface area (Å²) in [4.78, 5) is 27.8. The Bertz CT molecular complexity index is 682. The highest BCUT2D eigenvalue weighted by atomic mass is 32.1. The van der Waals surface area contributed by atoms with Gasteiger partial charge in [-0.2, -0.15) is 0 Å². The first kappa shape index (κ1) is 13.7. The van der Waals surface area contributed by atoms with Crippen LogP contribution in [0, 0.1) is 6.92 Å².